The fraction of sp³-hybridized carbons (Fsp3) is 0.419. The Kier molecular flexibility index (Phi) is 24.3. The molecule has 0 saturated heterocycles. The zero-order chi connectivity index (χ0) is 57.2. The average molecular weight is 1130 g/mol. The normalized spacial score (nSPS) is 16.9. The first-order valence-corrected chi connectivity index (χ1v) is 28.6. The van der Waals surface area contributed by atoms with Gasteiger partial charge in [-0.2, -0.15) is 5.10 Å². The van der Waals surface area contributed by atoms with E-state index < -0.39 is 47.5 Å². The number of nitrogens with zero attached hydrogens (tertiary/aromatic N) is 3. The molecule has 1 N–H and O–H groups in total. The van der Waals surface area contributed by atoms with Gasteiger partial charge in [0.1, 0.15) is 34.5 Å². The number of aromatic nitrogens is 1. The van der Waals surface area contributed by atoms with Crippen LogP contribution in [0.25, 0.3) is 10.2 Å². The van der Waals surface area contributed by atoms with Crippen LogP contribution in [0.2, 0.25) is 0 Å². The third-order valence-corrected chi connectivity index (χ3v) is 14.9. The molecule has 1 heterocycles. The summed E-state index contributed by atoms with van der Waals surface area (Å²) in [4.78, 5) is 80.9. The van der Waals surface area contributed by atoms with Crippen molar-refractivity contribution in [1.29, 1.82) is 0 Å². The number of thiazole rings is 1. The second-order valence-corrected chi connectivity index (χ2v) is 20.8. The predicted molar refractivity (Wildman–Crippen MR) is 305 cm³/mol. The number of benzene rings is 4. The number of unbranched alkanes of at least 4 members (excludes halogenated alkanes) is 6. The van der Waals surface area contributed by atoms with Crippen LogP contribution in [0, 0.1) is 23.7 Å². The lowest BCUT2D eigenvalue weighted by Gasteiger charge is -2.26. The summed E-state index contributed by atoms with van der Waals surface area (Å²) in [5, 5.41) is 16.8. The Labute approximate surface area is 476 Å². The van der Waals surface area contributed by atoms with Gasteiger partial charge in [-0.1, -0.05) is 36.6 Å². The molecule has 0 unspecified atom stereocenters. The highest BCUT2D eigenvalue weighted by molar-refractivity contribution is 7.22. The quantitative estimate of drug-likeness (QED) is 0.0109. The highest BCUT2D eigenvalue weighted by Gasteiger charge is 2.34. The summed E-state index contributed by atoms with van der Waals surface area (Å²) in [5.74, 6) is -1.81. The second-order valence-electron chi connectivity index (χ2n) is 19.7. The maximum atomic E-state index is 13.8. The standard InChI is InChI=1S/C62H71N3O15S/c1-3-56(67)75-39-13-7-5-11-37-73-48-25-29-50(30-26-48)77-58(69)43-17-19-45(20-18-43)60(71)79-52-33-34-54(47(41-52)42-63-65(35-36-66)62-64-53-15-9-10-16-55(53)81-62)80-61(72)46-23-21-44(22-24-46)59(70)78-51-31-27-49(28-32-51)74-38-12-6-8-14-40-76-57(68)4-2/h3-4,9-10,15-16,25-34,41-46,66H,1-2,5-8,11-14,17-24,35-40H2/b63-42+. The number of rotatable bonds is 31. The van der Waals surface area contributed by atoms with Crippen molar-refractivity contribution in [2.45, 2.75) is 103 Å². The Hall–Kier alpha value is -7.90. The molecule has 2 aliphatic carbocycles. The number of carbonyl (C=O) groups excluding carboxylic acids is 6. The van der Waals surface area contributed by atoms with Crippen molar-refractivity contribution in [3.63, 3.8) is 0 Å². The number of anilines is 1. The van der Waals surface area contributed by atoms with Gasteiger partial charge in [0.25, 0.3) is 0 Å². The van der Waals surface area contributed by atoms with Gasteiger partial charge < -0.3 is 43.0 Å². The molecule has 4 aromatic carbocycles. The number of aliphatic hydroxyl groups excluding tert-OH is 1. The van der Waals surface area contributed by atoms with Crippen molar-refractivity contribution in [2.75, 3.05) is 44.6 Å². The minimum absolute atomic E-state index is 0.117. The molecule has 0 radical (unpaired) electrons. The zero-order valence-corrected chi connectivity index (χ0v) is 46.4. The monoisotopic (exact) mass is 1130 g/mol. The van der Waals surface area contributed by atoms with E-state index in [0.29, 0.717) is 111 Å². The Morgan fingerprint density at radius 3 is 1.42 bits per heavy atom. The third-order valence-electron chi connectivity index (χ3n) is 13.9. The molecule has 81 heavy (non-hydrogen) atoms. The Balaban J connectivity index is 0.887. The lowest BCUT2D eigenvalue weighted by atomic mass is 9.82. The summed E-state index contributed by atoms with van der Waals surface area (Å²) in [6.07, 6.45) is 14.0. The van der Waals surface area contributed by atoms with Crippen molar-refractivity contribution in [2.24, 2.45) is 28.8 Å². The lowest BCUT2D eigenvalue weighted by molar-refractivity contribution is -0.145. The smallest absolute Gasteiger partial charge is 0.330 e. The summed E-state index contributed by atoms with van der Waals surface area (Å²) >= 11 is 1.40. The molecule has 7 rings (SSSR count). The number of hydrazone groups is 1. The summed E-state index contributed by atoms with van der Waals surface area (Å²) < 4.78 is 46.0. The van der Waals surface area contributed by atoms with Gasteiger partial charge >= 0.3 is 35.8 Å². The first-order valence-electron chi connectivity index (χ1n) is 27.8. The summed E-state index contributed by atoms with van der Waals surface area (Å²) in [6, 6.07) is 26.1. The van der Waals surface area contributed by atoms with E-state index in [1.165, 1.54) is 17.6 Å². The van der Waals surface area contributed by atoms with Crippen molar-refractivity contribution in [3.8, 4) is 34.5 Å². The highest BCUT2D eigenvalue weighted by atomic mass is 32.1. The van der Waals surface area contributed by atoms with Gasteiger partial charge in [-0.05, 0) is 182 Å². The molecule has 2 aliphatic rings. The first-order chi connectivity index (χ1) is 39.5. The van der Waals surface area contributed by atoms with Crippen LogP contribution >= 0.6 is 11.3 Å². The summed E-state index contributed by atoms with van der Waals surface area (Å²) in [5.41, 5.74) is 1.10. The van der Waals surface area contributed by atoms with Gasteiger partial charge in [-0.15, -0.1) is 0 Å². The van der Waals surface area contributed by atoms with Crippen LogP contribution in [-0.4, -0.2) is 91.7 Å². The minimum atomic E-state index is -0.495. The molecule has 2 fully saturated rings. The molecule has 0 aliphatic heterocycles. The van der Waals surface area contributed by atoms with Crippen molar-refractivity contribution >= 4 is 68.7 Å². The Morgan fingerprint density at radius 2 is 0.963 bits per heavy atom. The lowest BCUT2D eigenvalue weighted by Crippen LogP contribution is -2.30. The molecular weight excluding hydrogens is 1060 g/mol. The van der Waals surface area contributed by atoms with Crippen molar-refractivity contribution in [1.82, 2.24) is 4.98 Å². The van der Waals surface area contributed by atoms with Crippen LogP contribution in [0.1, 0.15) is 108 Å². The molecule has 18 nitrogen and oxygen atoms in total. The largest absolute Gasteiger partial charge is 0.494 e. The molecule has 0 amide bonds. The molecule has 2 saturated carbocycles. The van der Waals surface area contributed by atoms with E-state index in [4.69, 9.17) is 42.9 Å². The van der Waals surface area contributed by atoms with Crippen LogP contribution in [-0.2, 0) is 38.2 Å². The number of fused-ring (bicyclic) bond motifs is 1. The molecular formula is C62H71N3O15S. The maximum Gasteiger partial charge on any atom is 0.330 e. The number of carbonyl (C=O) groups is 6. The van der Waals surface area contributed by atoms with E-state index in [0.717, 1.165) is 73.7 Å². The van der Waals surface area contributed by atoms with Crippen LogP contribution in [0.5, 0.6) is 34.5 Å². The molecule has 430 valence electrons. The fourth-order valence-corrected chi connectivity index (χ4v) is 10.2. The molecule has 0 bridgehead atoms. The van der Waals surface area contributed by atoms with Gasteiger partial charge in [-0.25, -0.2) is 19.6 Å². The second kappa shape index (κ2) is 32.4. The predicted octanol–water partition coefficient (Wildman–Crippen LogP) is 11.1. The van der Waals surface area contributed by atoms with Gasteiger partial charge in [0.15, 0.2) is 0 Å². The molecule has 1 aromatic heterocycles. The highest BCUT2D eigenvalue weighted by Crippen LogP contribution is 2.36. The van der Waals surface area contributed by atoms with Crippen LogP contribution in [0.4, 0.5) is 5.13 Å². The Bertz CT molecular complexity index is 2870. The van der Waals surface area contributed by atoms with Gasteiger partial charge in [-0.3, -0.25) is 19.2 Å². The summed E-state index contributed by atoms with van der Waals surface area (Å²) in [7, 11) is 0. The number of hydrogen-bond donors (Lipinski definition) is 1. The number of aliphatic hydroxyl groups is 1. The van der Waals surface area contributed by atoms with E-state index in [-0.39, 0.29) is 36.6 Å². The SMILES string of the molecule is C=CC(=O)OCCCCCCOc1ccc(OC(=O)C2CCC(C(=O)Oc3ccc(OC(=O)C4CCC(C(=O)Oc5ccc(OCCCCCCOC(=O)C=C)cc5)CC4)c(/C=N/N(CCO)c4nc5ccccc5s4)c3)CC2)cc1. The minimum Gasteiger partial charge on any atom is -0.494 e. The number of esters is 6. The van der Waals surface area contributed by atoms with Gasteiger partial charge in [0.2, 0.25) is 5.13 Å². The molecule has 0 spiro atoms. The van der Waals surface area contributed by atoms with E-state index >= 15 is 0 Å². The molecule has 19 heteroatoms. The van der Waals surface area contributed by atoms with E-state index in [1.807, 2.05) is 24.3 Å². The van der Waals surface area contributed by atoms with Crippen molar-refractivity contribution in [3.05, 3.63) is 122 Å². The average Bonchev–Trinajstić information content (AvgIpc) is 3.93. The van der Waals surface area contributed by atoms with E-state index in [1.54, 1.807) is 71.7 Å². The first kappa shape index (κ1) is 60.7. The van der Waals surface area contributed by atoms with E-state index in [9.17, 15) is 33.9 Å². The number of hydrogen-bond acceptors (Lipinski definition) is 19. The fourth-order valence-electron chi connectivity index (χ4n) is 9.27. The van der Waals surface area contributed by atoms with Crippen LogP contribution < -0.4 is 33.4 Å². The number of ether oxygens (including phenoxy) is 8. The molecule has 0 atom stereocenters. The summed E-state index contributed by atoms with van der Waals surface area (Å²) in [6.45, 7) is 8.44. The zero-order valence-electron chi connectivity index (χ0n) is 45.6. The van der Waals surface area contributed by atoms with Gasteiger partial charge in [0.05, 0.1) is 79.7 Å². The Morgan fingerprint density at radius 1 is 0.543 bits per heavy atom. The maximum absolute atomic E-state index is 13.8. The van der Waals surface area contributed by atoms with E-state index in [2.05, 4.69) is 18.3 Å². The van der Waals surface area contributed by atoms with Gasteiger partial charge in [0, 0.05) is 17.7 Å². The van der Waals surface area contributed by atoms with Crippen molar-refractivity contribution < 1.29 is 71.8 Å². The number of para-hydroxylation sites is 1. The molecule has 5 aromatic rings. The topological polar surface area (TPSA) is 225 Å². The van der Waals surface area contributed by atoms with Crippen LogP contribution in [0.15, 0.2) is 121 Å². The van der Waals surface area contributed by atoms with Crippen LogP contribution in [0.3, 0.4) is 0 Å². The third kappa shape index (κ3) is 19.7.